The lowest BCUT2D eigenvalue weighted by Gasteiger charge is -2.34. The number of aromatic nitrogens is 3. The fourth-order valence-corrected chi connectivity index (χ4v) is 4.93. The number of para-hydroxylation sites is 1. The number of nitrogens with two attached hydrogens (primary N) is 1. The van der Waals surface area contributed by atoms with Crippen molar-refractivity contribution in [3.8, 4) is 11.3 Å². The Bertz CT molecular complexity index is 1050. The summed E-state index contributed by atoms with van der Waals surface area (Å²) in [6.45, 7) is 4.69. The second-order valence-electron chi connectivity index (χ2n) is 9.01. The first-order chi connectivity index (χ1) is 15.7. The highest BCUT2D eigenvalue weighted by Gasteiger charge is 2.24. The maximum atomic E-state index is 5.87. The number of pyridine rings is 1. The van der Waals surface area contributed by atoms with Crippen molar-refractivity contribution in [3.05, 3.63) is 42.6 Å². The van der Waals surface area contributed by atoms with E-state index >= 15 is 0 Å². The van der Waals surface area contributed by atoms with E-state index in [4.69, 9.17) is 15.7 Å². The van der Waals surface area contributed by atoms with Crippen molar-refractivity contribution in [1.29, 1.82) is 0 Å². The number of piperidine rings is 2. The van der Waals surface area contributed by atoms with E-state index in [1.54, 1.807) is 0 Å². The highest BCUT2D eigenvalue weighted by atomic mass is 15.3. The summed E-state index contributed by atoms with van der Waals surface area (Å²) in [5.41, 5.74) is 8.93. The molecule has 1 aromatic carbocycles. The van der Waals surface area contributed by atoms with Crippen molar-refractivity contribution in [2.45, 2.75) is 31.7 Å². The third-order valence-corrected chi connectivity index (χ3v) is 7.06. The van der Waals surface area contributed by atoms with Gasteiger partial charge < -0.3 is 20.9 Å². The molecule has 0 radical (unpaired) electrons. The Balaban J connectivity index is 1.50. The van der Waals surface area contributed by atoms with Crippen LogP contribution in [0.2, 0.25) is 0 Å². The van der Waals surface area contributed by atoms with E-state index in [0.29, 0.717) is 12.0 Å². The van der Waals surface area contributed by atoms with Crippen LogP contribution in [-0.2, 0) is 0 Å². The van der Waals surface area contributed by atoms with E-state index in [0.717, 1.165) is 92.3 Å². The van der Waals surface area contributed by atoms with Crippen molar-refractivity contribution in [2.24, 2.45) is 11.7 Å². The number of benzene rings is 1. The van der Waals surface area contributed by atoms with Gasteiger partial charge in [0.2, 0.25) is 5.95 Å². The molecule has 2 fully saturated rings. The Morgan fingerprint density at radius 3 is 2.47 bits per heavy atom. The highest BCUT2D eigenvalue weighted by molar-refractivity contribution is 5.89. The van der Waals surface area contributed by atoms with Crippen LogP contribution < -0.4 is 20.9 Å². The number of fused-ring (bicyclic) bond motifs is 1. The molecule has 0 bridgehead atoms. The summed E-state index contributed by atoms with van der Waals surface area (Å²) in [5, 5.41) is 4.56. The van der Waals surface area contributed by atoms with Crippen LogP contribution in [0.1, 0.15) is 25.7 Å². The average Bonchev–Trinajstić information content (AvgIpc) is 2.88. The Morgan fingerprint density at radius 1 is 0.969 bits per heavy atom. The number of rotatable bonds is 5. The molecule has 2 aliphatic rings. The summed E-state index contributed by atoms with van der Waals surface area (Å²) in [7, 11) is 2.05. The van der Waals surface area contributed by atoms with E-state index in [9.17, 15) is 0 Å². The molecule has 32 heavy (non-hydrogen) atoms. The SMILES string of the molecule is CNC1CCN(c2nc3ccccc3cc2-c2ccnc(N3CCC(CN)CC3)n2)CC1. The van der Waals surface area contributed by atoms with Gasteiger partial charge in [0.25, 0.3) is 0 Å². The topological polar surface area (TPSA) is 83.2 Å². The van der Waals surface area contributed by atoms with Gasteiger partial charge in [-0.25, -0.2) is 15.0 Å². The van der Waals surface area contributed by atoms with Crippen molar-refractivity contribution in [3.63, 3.8) is 0 Å². The number of anilines is 2. The third-order valence-electron chi connectivity index (χ3n) is 7.06. The molecule has 0 unspecified atom stereocenters. The minimum Gasteiger partial charge on any atom is -0.356 e. The lowest BCUT2D eigenvalue weighted by atomic mass is 9.97. The second-order valence-corrected chi connectivity index (χ2v) is 9.01. The fourth-order valence-electron chi connectivity index (χ4n) is 4.93. The zero-order chi connectivity index (χ0) is 21.9. The van der Waals surface area contributed by atoms with Gasteiger partial charge in [0, 0.05) is 49.4 Å². The molecule has 4 heterocycles. The standard InChI is InChI=1S/C25H33N7/c1-27-20-9-14-31(15-10-20)24-21(16-19-4-2-3-5-22(19)29-24)23-6-11-28-25(30-23)32-12-7-18(17-26)8-13-32/h2-6,11,16,18,20,27H,7-10,12-15,17,26H2,1H3. The summed E-state index contributed by atoms with van der Waals surface area (Å²) >= 11 is 0. The van der Waals surface area contributed by atoms with E-state index in [-0.39, 0.29) is 0 Å². The van der Waals surface area contributed by atoms with E-state index < -0.39 is 0 Å². The fraction of sp³-hybridized carbons (Fsp3) is 0.480. The first kappa shape index (κ1) is 21.1. The summed E-state index contributed by atoms with van der Waals surface area (Å²) < 4.78 is 0. The Hall–Kier alpha value is -2.77. The number of hydrogen-bond donors (Lipinski definition) is 2. The van der Waals surface area contributed by atoms with Gasteiger partial charge in [0.05, 0.1) is 11.2 Å². The van der Waals surface area contributed by atoms with Crippen LogP contribution in [0, 0.1) is 5.92 Å². The quantitative estimate of drug-likeness (QED) is 0.642. The zero-order valence-electron chi connectivity index (χ0n) is 18.9. The van der Waals surface area contributed by atoms with Gasteiger partial charge in [-0.3, -0.25) is 0 Å². The molecule has 7 heteroatoms. The van der Waals surface area contributed by atoms with Gasteiger partial charge >= 0.3 is 0 Å². The number of nitrogens with one attached hydrogen (secondary N) is 1. The van der Waals surface area contributed by atoms with Gasteiger partial charge in [0.1, 0.15) is 5.82 Å². The predicted octanol–water partition coefficient (Wildman–Crippen LogP) is 3.06. The molecule has 2 aliphatic heterocycles. The van der Waals surface area contributed by atoms with Gasteiger partial charge in [-0.05, 0) is 63.4 Å². The average molecular weight is 432 g/mol. The molecule has 3 aromatic rings. The largest absolute Gasteiger partial charge is 0.356 e. The van der Waals surface area contributed by atoms with Crippen LogP contribution in [0.3, 0.4) is 0 Å². The maximum Gasteiger partial charge on any atom is 0.225 e. The molecule has 0 amide bonds. The van der Waals surface area contributed by atoms with Gasteiger partial charge in [-0.15, -0.1) is 0 Å². The molecular weight excluding hydrogens is 398 g/mol. The van der Waals surface area contributed by atoms with Crippen molar-refractivity contribution in [1.82, 2.24) is 20.3 Å². The van der Waals surface area contributed by atoms with Crippen molar-refractivity contribution >= 4 is 22.7 Å². The summed E-state index contributed by atoms with van der Waals surface area (Å²) in [4.78, 5) is 19.4. The summed E-state index contributed by atoms with van der Waals surface area (Å²) in [6.07, 6.45) is 6.34. The van der Waals surface area contributed by atoms with Crippen LogP contribution in [-0.4, -0.2) is 60.8 Å². The van der Waals surface area contributed by atoms with Gasteiger partial charge in [-0.2, -0.15) is 0 Å². The molecule has 0 spiro atoms. The second kappa shape index (κ2) is 9.38. The summed E-state index contributed by atoms with van der Waals surface area (Å²) in [6, 6.07) is 13.2. The molecule has 0 aliphatic carbocycles. The lowest BCUT2D eigenvalue weighted by Crippen LogP contribution is -2.41. The molecule has 0 atom stereocenters. The molecule has 168 valence electrons. The molecule has 0 saturated carbocycles. The van der Waals surface area contributed by atoms with Gasteiger partial charge in [-0.1, -0.05) is 18.2 Å². The van der Waals surface area contributed by atoms with E-state index in [1.165, 1.54) is 0 Å². The number of hydrogen-bond acceptors (Lipinski definition) is 7. The van der Waals surface area contributed by atoms with Crippen molar-refractivity contribution in [2.75, 3.05) is 49.6 Å². The zero-order valence-corrected chi connectivity index (χ0v) is 18.9. The van der Waals surface area contributed by atoms with Crippen molar-refractivity contribution < 1.29 is 0 Å². The first-order valence-electron chi connectivity index (χ1n) is 11.9. The van der Waals surface area contributed by atoms with Crippen LogP contribution >= 0.6 is 0 Å². The van der Waals surface area contributed by atoms with Gasteiger partial charge in [0.15, 0.2) is 0 Å². The molecule has 7 nitrogen and oxygen atoms in total. The van der Waals surface area contributed by atoms with E-state index in [2.05, 4.69) is 57.5 Å². The molecule has 5 rings (SSSR count). The predicted molar refractivity (Wildman–Crippen MR) is 131 cm³/mol. The molecule has 3 N–H and O–H groups in total. The molecule has 2 saturated heterocycles. The summed E-state index contributed by atoms with van der Waals surface area (Å²) in [5.74, 6) is 2.46. The van der Waals surface area contributed by atoms with Crippen LogP contribution in [0.4, 0.5) is 11.8 Å². The Morgan fingerprint density at radius 2 is 1.72 bits per heavy atom. The Kier molecular flexibility index (Phi) is 6.19. The van der Waals surface area contributed by atoms with E-state index in [1.807, 2.05) is 12.3 Å². The smallest absolute Gasteiger partial charge is 0.225 e. The van der Waals surface area contributed by atoms with Crippen LogP contribution in [0.25, 0.3) is 22.2 Å². The normalized spacial score (nSPS) is 18.4. The minimum atomic E-state index is 0.581. The first-order valence-corrected chi connectivity index (χ1v) is 11.9. The monoisotopic (exact) mass is 431 g/mol. The lowest BCUT2D eigenvalue weighted by molar-refractivity contribution is 0.411. The maximum absolute atomic E-state index is 5.87. The van der Waals surface area contributed by atoms with Crippen LogP contribution in [0.5, 0.6) is 0 Å². The molecular formula is C25H33N7. The van der Waals surface area contributed by atoms with Crippen LogP contribution in [0.15, 0.2) is 42.6 Å². The minimum absolute atomic E-state index is 0.581. The highest BCUT2D eigenvalue weighted by Crippen LogP contribution is 2.34. The third kappa shape index (κ3) is 4.27. The Labute approximate surface area is 190 Å². The molecule has 2 aromatic heterocycles. The number of nitrogens with zero attached hydrogens (tertiary/aromatic N) is 5.